The summed E-state index contributed by atoms with van der Waals surface area (Å²) in [5.74, 6) is 0. The minimum Gasteiger partial charge on any atom is -0.372 e. The van der Waals surface area contributed by atoms with Crippen LogP contribution in [0.5, 0.6) is 0 Å². The van der Waals surface area contributed by atoms with Gasteiger partial charge in [-0.1, -0.05) is 0 Å². The quantitative estimate of drug-likeness (QED) is 0.856. The molecule has 0 atom stereocenters. The maximum atomic E-state index is 12.9. The molecule has 0 saturated carbocycles. The highest BCUT2D eigenvalue weighted by molar-refractivity contribution is 5.75. The van der Waals surface area contributed by atoms with Gasteiger partial charge in [-0.15, -0.1) is 0 Å². The number of halogens is 3. The van der Waals surface area contributed by atoms with Crippen molar-refractivity contribution in [1.29, 1.82) is 0 Å². The minimum absolute atomic E-state index is 0.205. The van der Waals surface area contributed by atoms with Gasteiger partial charge in [0.2, 0.25) is 6.41 Å². The van der Waals surface area contributed by atoms with Crippen molar-refractivity contribution >= 4 is 17.8 Å². The summed E-state index contributed by atoms with van der Waals surface area (Å²) in [4.78, 5) is 12.3. The van der Waals surface area contributed by atoms with Gasteiger partial charge in [-0.25, -0.2) is 0 Å². The largest absolute Gasteiger partial charge is 0.418 e. The summed E-state index contributed by atoms with van der Waals surface area (Å²) in [6.45, 7) is 1.55. The number of alkyl halides is 3. The molecule has 0 aliphatic carbocycles. The first-order valence-corrected chi connectivity index (χ1v) is 6.19. The van der Waals surface area contributed by atoms with E-state index in [2.05, 4.69) is 5.32 Å². The van der Waals surface area contributed by atoms with Crippen molar-refractivity contribution in [1.82, 2.24) is 0 Å². The Balaban J connectivity index is 2.34. The third-order valence-corrected chi connectivity index (χ3v) is 3.24. The Morgan fingerprint density at radius 2 is 1.84 bits per heavy atom. The lowest BCUT2D eigenvalue weighted by atomic mass is 10.1. The van der Waals surface area contributed by atoms with Crippen molar-refractivity contribution < 1.29 is 18.0 Å². The van der Waals surface area contributed by atoms with Crippen molar-refractivity contribution in [2.45, 2.75) is 25.4 Å². The summed E-state index contributed by atoms with van der Waals surface area (Å²) in [5.41, 5.74) is -0.450. The van der Waals surface area contributed by atoms with E-state index >= 15 is 0 Å². The summed E-state index contributed by atoms with van der Waals surface area (Å²) >= 11 is 0. The van der Waals surface area contributed by atoms with Crippen molar-refractivity contribution in [3.8, 4) is 0 Å². The second-order valence-corrected chi connectivity index (χ2v) is 4.54. The standard InChI is InChI=1S/C13H15F3N2O/c14-13(15,16)11-8-10(4-5-12(11)17-9-19)18-6-2-1-3-7-18/h4-5,8-9H,1-3,6-7H2,(H,17,19). The van der Waals surface area contributed by atoms with E-state index in [1.807, 2.05) is 4.90 Å². The average Bonchev–Trinajstić information content (AvgIpc) is 2.39. The topological polar surface area (TPSA) is 32.3 Å². The first-order valence-electron chi connectivity index (χ1n) is 6.19. The molecule has 1 aliphatic heterocycles. The number of anilines is 2. The van der Waals surface area contributed by atoms with Crippen LogP contribution in [0.15, 0.2) is 18.2 Å². The van der Waals surface area contributed by atoms with Gasteiger partial charge in [0.1, 0.15) is 0 Å². The van der Waals surface area contributed by atoms with Crippen LogP contribution in [-0.4, -0.2) is 19.5 Å². The smallest absolute Gasteiger partial charge is 0.372 e. The van der Waals surface area contributed by atoms with Crippen LogP contribution in [0.2, 0.25) is 0 Å². The monoisotopic (exact) mass is 272 g/mol. The molecule has 3 nitrogen and oxygen atoms in total. The summed E-state index contributed by atoms with van der Waals surface area (Å²) in [5, 5.41) is 2.09. The van der Waals surface area contributed by atoms with Gasteiger partial charge < -0.3 is 10.2 Å². The first-order chi connectivity index (χ1) is 9.02. The van der Waals surface area contributed by atoms with E-state index in [-0.39, 0.29) is 12.1 Å². The summed E-state index contributed by atoms with van der Waals surface area (Å²) in [6.07, 6.45) is -1.11. The second kappa shape index (κ2) is 5.50. The van der Waals surface area contributed by atoms with Crippen LogP contribution in [0, 0.1) is 0 Å². The molecule has 0 bridgehead atoms. The molecular weight excluding hydrogens is 257 g/mol. The van der Waals surface area contributed by atoms with Crippen LogP contribution in [0.3, 0.4) is 0 Å². The highest BCUT2D eigenvalue weighted by atomic mass is 19.4. The normalized spacial score (nSPS) is 16.3. The summed E-state index contributed by atoms with van der Waals surface area (Å²) in [6, 6.07) is 4.03. The third-order valence-electron chi connectivity index (χ3n) is 3.24. The van der Waals surface area contributed by atoms with E-state index in [0.717, 1.165) is 38.4 Å². The SMILES string of the molecule is O=CNc1ccc(N2CCCCC2)cc1C(F)(F)F. The molecule has 0 spiro atoms. The van der Waals surface area contributed by atoms with Crippen molar-refractivity contribution in [2.24, 2.45) is 0 Å². The molecular formula is C13H15F3N2O. The van der Waals surface area contributed by atoms with Crippen LogP contribution >= 0.6 is 0 Å². The van der Waals surface area contributed by atoms with E-state index in [0.29, 0.717) is 5.69 Å². The molecule has 1 heterocycles. The third kappa shape index (κ3) is 3.19. The molecule has 1 N–H and O–H groups in total. The van der Waals surface area contributed by atoms with Gasteiger partial charge in [-0.05, 0) is 37.5 Å². The van der Waals surface area contributed by atoms with E-state index in [1.165, 1.54) is 6.07 Å². The number of nitrogens with one attached hydrogen (secondary N) is 1. The highest BCUT2D eigenvalue weighted by Crippen LogP contribution is 2.37. The molecule has 1 fully saturated rings. The lowest BCUT2D eigenvalue weighted by molar-refractivity contribution is -0.136. The number of rotatable bonds is 3. The Labute approximate surface area is 109 Å². The van der Waals surface area contributed by atoms with Gasteiger partial charge in [-0.3, -0.25) is 4.79 Å². The minimum atomic E-state index is -4.48. The highest BCUT2D eigenvalue weighted by Gasteiger charge is 2.34. The lowest BCUT2D eigenvalue weighted by Crippen LogP contribution is -2.29. The predicted molar refractivity (Wildman–Crippen MR) is 67.2 cm³/mol. The van der Waals surface area contributed by atoms with Crippen molar-refractivity contribution in [3.05, 3.63) is 23.8 Å². The predicted octanol–water partition coefficient (Wildman–Crippen LogP) is 3.26. The zero-order chi connectivity index (χ0) is 13.9. The van der Waals surface area contributed by atoms with Gasteiger partial charge in [0.25, 0.3) is 0 Å². The molecule has 0 aromatic heterocycles. The Morgan fingerprint density at radius 3 is 2.42 bits per heavy atom. The van der Waals surface area contributed by atoms with Crippen LogP contribution in [0.1, 0.15) is 24.8 Å². The molecule has 1 aliphatic rings. The summed E-state index contributed by atoms with van der Waals surface area (Å²) in [7, 11) is 0. The number of piperidine rings is 1. The summed E-state index contributed by atoms with van der Waals surface area (Å²) < 4.78 is 38.8. The molecule has 2 rings (SSSR count). The zero-order valence-corrected chi connectivity index (χ0v) is 10.3. The molecule has 1 aromatic rings. The fourth-order valence-electron chi connectivity index (χ4n) is 2.30. The van der Waals surface area contributed by atoms with Crippen LogP contribution in [0.25, 0.3) is 0 Å². The fourth-order valence-corrected chi connectivity index (χ4v) is 2.30. The molecule has 1 amide bonds. The fraction of sp³-hybridized carbons (Fsp3) is 0.462. The Bertz CT molecular complexity index is 454. The average molecular weight is 272 g/mol. The number of amides is 1. The molecule has 0 radical (unpaired) electrons. The van der Waals surface area contributed by atoms with Gasteiger partial charge in [0, 0.05) is 18.8 Å². The van der Waals surface area contributed by atoms with E-state index in [1.54, 1.807) is 6.07 Å². The second-order valence-electron chi connectivity index (χ2n) is 4.54. The van der Waals surface area contributed by atoms with Gasteiger partial charge >= 0.3 is 6.18 Å². The number of hydrogen-bond donors (Lipinski definition) is 1. The molecule has 6 heteroatoms. The molecule has 19 heavy (non-hydrogen) atoms. The maximum absolute atomic E-state index is 12.9. The van der Waals surface area contributed by atoms with Crippen LogP contribution in [0.4, 0.5) is 24.5 Å². The van der Waals surface area contributed by atoms with Crippen LogP contribution < -0.4 is 10.2 Å². The number of hydrogen-bond acceptors (Lipinski definition) is 2. The number of carbonyl (C=O) groups excluding carboxylic acids is 1. The molecule has 104 valence electrons. The van der Waals surface area contributed by atoms with E-state index < -0.39 is 11.7 Å². The van der Waals surface area contributed by atoms with Crippen molar-refractivity contribution in [3.63, 3.8) is 0 Å². The number of nitrogens with zero attached hydrogens (tertiary/aromatic N) is 1. The molecule has 1 saturated heterocycles. The Morgan fingerprint density at radius 1 is 1.16 bits per heavy atom. The number of carbonyl (C=O) groups is 1. The molecule has 1 aromatic carbocycles. The van der Waals surface area contributed by atoms with Crippen LogP contribution in [-0.2, 0) is 11.0 Å². The number of benzene rings is 1. The Kier molecular flexibility index (Phi) is 3.97. The van der Waals surface area contributed by atoms with Gasteiger partial charge in [0.15, 0.2) is 0 Å². The zero-order valence-electron chi connectivity index (χ0n) is 10.3. The molecule has 0 unspecified atom stereocenters. The Hall–Kier alpha value is -1.72. The van der Waals surface area contributed by atoms with Gasteiger partial charge in [0.05, 0.1) is 11.3 Å². The van der Waals surface area contributed by atoms with E-state index in [9.17, 15) is 18.0 Å². The maximum Gasteiger partial charge on any atom is 0.418 e. The first kappa shape index (κ1) is 13.7. The van der Waals surface area contributed by atoms with Crippen molar-refractivity contribution in [2.75, 3.05) is 23.3 Å². The lowest BCUT2D eigenvalue weighted by Gasteiger charge is -2.29. The van der Waals surface area contributed by atoms with E-state index in [4.69, 9.17) is 0 Å². The van der Waals surface area contributed by atoms with Gasteiger partial charge in [-0.2, -0.15) is 13.2 Å².